The van der Waals surface area contributed by atoms with Gasteiger partial charge in [0.05, 0.1) is 25.3 Å². The van der Waals surface area contributed by atoms with Gasteiger partial charge in [0.2, 0.25) is 0 Å². The van der Waals surface area contributed by atoms with Crippen molar-refractivity contribution in [1.29, 1.82) is 0 Å². The van der Waals surface area contributed by atoms with Crippen molar-refractivity contribution in [3.05, 3.63) is 99.6 Å². The Balaban J connectivity index is 1.70. The van der Waals surface area contributed by atoms with E-state index in [0.717, 1.165) is 16.7 Å². The second-order valence-corrected chi connectivity index (χ2v) is 9.47. The fourth-order valence-electron chi connectivity index (χ4n) is 4.65. The maximum atomic E-state index is 13.2. The number of amides is 1. The van der Waals surface area contributed by atoms with Crippen LogP contribution in [0.25, 0.3) is 5.76 Å². The van der Waals surface area contributed by atoms with E-state index in [4.69, 9.17) is 14.2 Å². The summed E-state index contributed by atoms with van der Waals surface area (Å²) in [6, 6.07) is 18.2. The van der Waals surface area contributed by atoms with E-state index in [2.05, 4.69) is 0 Å². The van der Waals surface area contributed by atoms with Gasteiger partial charge >= 0.3 is 0 Å². The van der Waals surface area contributed by atoms with Gasteiger partial charge in [-0.2, -0.15) is 0 Å². The monoisotopic (exact) mass is 515 g/mol. The van der Waals surface area contributed by atoms with Crippen LogP contribution in [0.2, 0.25) is 0 Å². The predicted octanol–water partition coefficient (Wildman–Crippen LogP) is 5.27. The van der Waals surface area contributed by atoms with Crippen LogP contribution < -0.4 is 9.47 Å². The van der Waals surface area contributed by atoms with Gasteiger partial charge in [0.1, 0.15) is 23.9 Å². The number of hydrogen-bond acceptors (Lipinski definition) is 6. The largest absolute Gasteiger partial charge is 0.507 e. The number of carbonyl (C=O) groups excluding carboxylic acids is 2. The van der Waals surface area contributed by atoms with Gasteiger partial charge in [0.15, 0.2) is 0 Å². The third kappa shape index (κ3) is 5.43. The topological polar surface area (TPSA) is 85.3 Å². The summed E-state index contributed by atoms with van der Waals surface area (Å²) in [4.78, 5) is 27.8. The number of methoxy groups -OCH3 is 2. The molecule has 0 aromatic heterocycles. The molecule has 7 heteroatoms. The number of carbonyl (C=O) groups is 2. The minimum atomic E-state index is -0.766. The summed E-state index contributed by atoms with van der Waals surface area (Å²) in [6.45, 7) is 6.60. The van der Waals surface area contributed by atoms with Gasteiger partial charge in [-0.1, -0.05) is 42.0 Å². The first kappa shape index (κ1) is 26.9. The maximum Gasteiger partial charge on any atom is 0.295 e. The van der Waals surface area contributed by atoms with Crippen LogP contribution in [-0.2, 0) is 20.9 Å². The number of likely N-dealkylation sites (tertiary alicyclic amines) is 1. The van der Waals surface area contributed by atoms with E-state index in [0.29, 0.717) is 29.2 Å². The molecule has 1 unspecified atom stereocenters. The van der Waals surface area contributed by atoms with Gasteiger partial charge < -0.3 is 24.2 Å². The lowest BCUT2D eigenvalue weighted by atomic mass is 9.93. The molecule has 198 valence electrons. The lowest BCUT2D eigenvalue weighted by molar-refractivity contribution is -0.140. The Labute approximate surface area is 223 Å². The van der Waals surface area contributed by atoms with Crippen molar-refractivity contribution >= 4 is 17.4 Å². The standard InChI is InChI=1S/C31H33NO6/c1-19-6-8-22(9-7-19)18-38-24-12-10-23(11-13-24)28-27(30(34)31(35)32(28)14-15-36-4)29(33)25-16-21(3)26(37-5)17-20(25)2/h6-13,16-17,28,33H,14-15,18H2,1-5H3/b29-27+. The first-order chi connectivity index (χ1) is 18.2. The highest BCUT2D eigenvalue weighted by Crippen LogP contribution is 2.40. The van der Waals surface area contributed by atoms with Gasteiger partial charge in [0, 0.05) is 19.2 Å². The second-order valence-electron chi connectivity index (χ2n) is 9.47. The maximum absolute atomic E-state index is 13.2. The first-order valence-electron chi connectivity index (χ1n) is 12.5. The highest BCUT2D eigenvalue weighted by molar-refractivity contribution is 6.46. The number of benzene rings is 3. The summed E-state index contributed by atoms with van der Waals surface area (Å²) >= 11 is 0. The molecule has 7 nitrogen and oxygen atoms in total. The average Bonchev–Trinajstić information content (AvgIpc) is 3.17. The van der Waals surface area contributed by atoms with E-state index in [1.165, 1.54) is 17.6 Å². The Bertz CT molecular complexity index is 1360. The Kier molecular flexibility index (Phi) is 8.17. The van der Waals surface area contributed by atoms with Crippen molar-refractivity contribution in [2.24, 2.45) is 0 Å². The molecule has 1 aliphatic heterocycles. The Hall–Kier alpha value is -4.10. The molecule has 0 spiro atoms. The molecule has 0 radical (unpaired) electrons. The lowest BCUT2D eigenvalue weighted by Crippen LogP contribution is -2.32. The van der Waals surface area contributed by atoms with Crippen LogP contribution in [0.3, 0.4) is 0 Å². The molecule has 1 aliphatic rings. The lowest BCUT2D eigenvalue weighted by Gasteiger charge is -2.25. The summed E-state index contributed by atoms with van der Waals surface area (Å²) in [5.74, 6) is -0.272. The average molecular weight is 516 g/mol. The molecule has 1 N–H and O–H groups in total. The summed E-state index contributed by atoms with van der Waals surface area (Å²) in [5.41, 5.74) is 4.99. The van der Waals surface area contributed by atoms with E-state index in [1.807, 2.05) is 69.3 Å². The number of aliphatic hydroxyl groups is 1. The third-order valence-electron chi connectivity index (χ3n) is 6.80. The molecule has 1 atom stereocenters. The fourth-order valence-corrected chi connectivity index (χ4v) is 4.65. The van der Waals surface area contributed by atoms with Crippen molar-refractivity contribution in [1.82, 2.24) is 4.90 Å². The highest BCUT2D eigenvalue weighted by atomic mass is 16.5. The highest BCUT2D eigenvalue weighted by Gasteiger charge is 2.46. The Morgan fingerprint density at radius 3 is 2.24 bits per heavy atom. The van der Waals surface area contributed by atoms with Crippen LogP contribution in [0.4, 0.5) is 0 Å². The number of hydrogen-bond donors (Lipinski definition) is 1. The molecule has 1 fully saturated rings. The summed E-state index contributed by atoms with van der Waals surface area (Å²) in [5, 5.41) is 11.4. The fraction of sp³-hybridized carbons (Fsp3) is 0.290. The molecule has 3 aromatic carbocycles. The second kappa shape index (κ2) is 11.5. The number of aryl methyl sites for hydroxylation is 3. The van der Waals surface area contributed by atoms with Crippen LogP contribution >= 0.6 is 0 Å². The van der Waals surface area contributed by atoms with Gasteiger partial charge in [-0.05, 0) is 67.3 Å². The number of ether oxygens (including phenoxy) is 3. The van der Waals surface area contributed by atoms with Crippen molar-refractivity contribution in [2.75, 3.05) is 27.4 Å². The molecule has 1 heterocycles. The van der Waals surface area contributed by atoms with Crippen LogP contribution in [0, 0.1) is 20.8 Å². The summed E-state index contributed by atoms with van der Waals surface area (Å²) < 4.78 is 16.5. The Morgan fingerprint density at radius 1 is 0.921 bits per heavy atom. The van der Waals surface area contributed by atoms with Gasteiger partial charge in [-0.25, -0.2) is 0 Å². The van der Waals surface area contributed by atoms with Crippen molar-refractivity contribution < 1.29 is 28.9 Å². The van der Waals surface area contributed by atoms with Gasteiger partial charge in [0.25, 0.3) is 11.7 Å². The molecule has 1 amide bonds. The van der Waals surface area contributed by atoms with E-state index in [-0.39, 0.29) is 24.5 Å². The number of rotatable bonds is 9. The van der Waals surface area contributed by atoms with Gasteiger partial charge in [-0.15, -0.1) is 0 Å². The molecule has 0 saturated carbocycles. The summed E-state index contributed by atoms with van der Waals surface area (Å²) in [7, 11) is 3.12. The number of aliphatic hydroxyl groups excluding tert-OH is 1. The van der Waals surface area contributed by atoms with E-state index in [9.17, 15) is 14.7 Å². The zero-order chi connectivity index (χ0) is 27.4. The van der Waals surface area contributed by atoms with Crippen LogP contribution in [0.1, 0.15) is 39.4 Å². The third-order valence-corrected chi connectivity index (χ3v) is 6.80. The summed E-state index contributed by atoms with van der Waals surface area (Å²) in [6.07, 6.45) is 0. The quantitative estimate of drug-likeness (QED) is 0.238. The van der Waals surface area contributed by atoms with Crippen LogP contribution in [0.15, 0.2) is 66.2 Å². The normalized spacial score (nSPS) is 16.7. The zero-order valence-corrected chi connectivity index (χ0v) is 22.4. The Morgan fingerprint density at radius 2 is 1.61 bits per heavy atom. The van der Waals surface area contributed by atoms with E-state index >= 15 is 0 Å². The molecule has 4 rings (SSSR count). The molecule has 1 saturated heterocycles. The van der Waals surface area contributed by atoms with E-state index in [1.54, 1.807) is 19.2 Å². The molecule has 0 bridgehead atoms. The molecular formula is C31H33NO6. The number of ketones is 1. The molecule has 0 aliphatic carbocycles. The SMILES string of the molecule is COCCN1C(=O)C(=O)/C(=C(/O)c2cc(C)c(OC)cc2C)C1c1ccc(OCc2ccc(C)cc2)cc1. The number of Topliss-reactive ketones (excluding diaryl/α,β-unsaturated/α-hetero) is 1. The van der Waals surface area contributed by atoms with E-state index < -0.39 is 17.7 Å². The van der Waals surface area contributed by atoms with Crippen LogP contribution in [0.5, 0.6) is 11.5 Å². The molecular weight excluding hydrogens is 482 g/mol. The minimum Gasteiger partial charge on any atom is -0.507 e. The molecule has 38 heavy (non-hydrogen) atoms. The predicted molar refractivity (Wildman–Crippen MR) is 145 cm³/mol. The molecule has 3 aromatic rings. The van der Waals surface area contributed by atoms with Crippen molar-refractivity contribution in [3.63, 3.8) is 0 Å². The number of nitrogens with zero attached hydrogens (tertiary/aromatic N) is 1. The van der Waals surface area contributed by atoms with Gasteiger partial charge in [-0.3, -0.25) is 9.59 Å². The smallest absolute Gasteiger partial charge is 0.295 e. The first-order valence-corrected chi connectivity index (χ1v) is 12.5. The van der Waals surface area contributed by atoms with Crippen molar-refractivity contribution in [2.45, 2.75) is 33.4 Å². The minimum absolute atomic E-state index is 0.0482. The zero-order valence-electron chi connectivity index (χ0n) is 22.4. The van der Waals surface area contributed by atoms with Crippen molar-refractivity contribution in [3.8, 4) is 11.5 Å². The van der Waals surface area contributed by atoms with Crippen LogP contribution in [-0.4, -0.2) is 49.1 Å².